The van der Waals surface area contributed by atoms with E-state index in [4.69, 9.17) is 4.74 Å². The van der Waals surface area contributed by atoms with Gasteiger partial charge in [0.05, 0.1) is 13.0 Å². The Kier molecular flexibility index (Phi) is 4.99. The Morgan fingerprint density at radius 1 is 1.14 bits per heavy atom. The number of aliphatic carboxylic acids is 1. The van der Waals surface area contributed by atoms with Crippen LogP contribution < -0.4 is 4.74 Å². The van der Waals surface area contributed by atoms with E-state index in [1.165, 1.54) is 0 Å². The van der Waals surface area contributed by atoms with Crippen LogP contribution in [0.15, 0.2) is 54.6 Å². The van der Waals surface area contributed by atoms with Gasteiger partial charge in [0.25, 0.3) is 0 Å². The van der Waals surface area contributed by atoms with Crippen molar-refractivity contribution >= 4 is 5.97 Å². The molecule has 0 radical (unpaired) electrons. The molecule has 3 heteroatoms. The first-order valence-electron chi connectivity index (χ1n) is 7.02. The number of carboxylic acid groups (broad SMARTS) is 1. The minimum Gasteiger partial charge on any atom is -0.497 e. The van der Waals surface area contributed by atoms with E-state index in [2.05, 4.69) is 0 Å². The number of hydrogen-bond acceptors (Lipinski definition) is 2. The van der Waals surface area contributed by atoms with Gasteiger partial charge >= 0.3 is 5.97 Å². The van der Waals surface area contributed by atoms with E-state index in [1.807, 2.05) is 61.5 Å². The number of methoxy groups -OCH3 is 1. The Labute approximate surface area is 125 Å². The van der Waals surface area contributed by atoms with Crippen molar-refractivity contribution in [3.63, 3.8) is 0 Å². The number of rotatable bonds is 6. The largest absolute Gasteiger partial charge is 0.497 e. The molecule has 0 aromatic heterocycles. The predicted molar refractivity (Wildman–Crippen MR) is 82.7 cm³/mol. The van der Waals surface area contributed by atoms with Crippen molar-refractivity contribution in [1.29, 1.82) is 0 Å². The second-order valence-corrected chi connectivity index (χ2v) is 5.26. The van der Waals surface area contributed by atoms with Crippen molar-refractivity contribution < 1.29 is 14.6 Å². The van der Waals surface area contributed by atoms with Crippen LogP contribution in [0.2, 0.25) is 0 Å². The van der Waals surface area contributed by atoms with E-state index >= 15 is 0 Å². The number of carboxylic acids is 1. The molecule has 2 aromatic carbocycles. The van der Waals surface area contributed by atoms with Crippen LogP contribution >= 0.6 is 0 Å². The van der Waals surface area contributed by atoms with Crippen LogP contribution in [0, 0.1) is 5.92 Å². The molecule has 0 spiro atoms. The monoisotopic (exact) mass is 284 g/mol. The molecule has 0 aliphatic heterocycles. The van der Waals surface area contributed by atoms with Gasteiger partial charge in [-0.25, -0.2) is 0 Å². The molecule has 0 heterocycles. The van der Waals surface area contributed by atoms with E-state index < -0.39 is 11.9 Å². The lowest BCUT2D eigenvalue weighted by Crippen LogP contribution is -2.21. The summed E-state index contributed by atoms with van der Waals surface area (Å²) in [6, 6.07) is 17.2. The van der Waals surface area contributed by atoms with Crippen LogP contribution in [-0.2, 0) is 11.2 Å². The van der Waals surface area contributed by atoms with E-state index in [-0.39, 0.29) is 5.92 Å². The van der Waals surface area contributed by atoms with Gasteiger partial charge in [0, 0.05) is 0 Å². The average Bonchev–Trinajstić information content (AvgIpc) is 2.48. The maximum Gasteiger partial charge on any atom is 0.311 e. The molecular weight excluding hydrogens is 264 g/mol. The standard InChI is InChI=1S/C18H20O3/c1-13(11-14-7-6-10-16(12-14)21-2)17(18(19)20)15-8-4-3-5-9-15/h3-10,12-13,17H,11H2,1-2H3,(H,19,20). The fourth-order valence-corrected chi connectivity index (χ4v) is 2.66. The third kappa shape index (κ3) is 3.85. The van der Waals surface area contributed by atoms with Crippen LogP contribution in [0.5, 0.6) is 5.75 Å². The summed E-state index contributed by atoms with van der Waals surface area (Å²) in [6.45, 7) is 1.98. The normalized spacial score (nSPS) is 13.4. The number of benzene rings is 2. The molecule has 1 N–H and O–H groups in total. The summed E-state index contributed by atoms with van der Waals surface area (Å²) in [4.78, 5) is 11.6. The second-order valence-electron chi connectivity index (χ2n) is 5.26. The zero-order valence-electron chi connectivity index (χ0n) is 12.3. The van der Waals surface area contributed by atoms with Crippen LogP contribution in [0.1, 0.15) is 24.0 Å². The molecule has 0 aliphatic rings. The fourth-order valence-electron chi connectivity index (χ4n) is 2.66. The van der Waals surface area contributed by atoms with Crippen molar-refractivity contribution in [1.82, 2.24) is 0 Å². The Bertz CT molecular complexity index is 592. The molecule has 0 aliphatic carbocycles. The highest BCUT2D eigenvalue weighted by atomic mass is 16.5. The van der Waals surface area contributed by atoms with Crippen LogP contribution in [0.25, 0.3) is 0 Å². The molecule has 21 heavy (non-hydrogen) atoms. The Hall–Kier alpha value is -2.29. The molecule has 0 saturated carbocycles. The lowest BCUT2D eigenvalue weighted by molar-refractivity contribution is -0.140. The highest BCUT2D eigenvalue weighted by Crippen LogP contribution is 2.28. The average molecular weight is 284 g/mol. The van der Waals surface area contributed by atoms with Gasteiger partial charge in [-0.2, -0.15) is 0 Å². The van der Waals surface area contributed by atoms with E-state index in [0.717, 1.165) is 16.9 Å². The highest BCUT2D eigenvalue weighted by molar-refractivity contribution is 5.76. The Balaban J connectivity index is 2.19. The van der Waals surface area contributed by atoms with Gasteiger partial charge in [0.1, 0.15) is 5.75 Å². The molecule has 2 unspecified atom stereocenters. The molecule has 0 bridgehead atoms. The summed E-state index contributed by atoms with van der Waals surface area (Å²) in [7, 11) is 1.63. The first-order valence-corrected chi connectivity index (χ1v) is 7.02. The van der Waals surface area contributed by atoms with Gasteiger partial charge in [0.15, 0.2) is 0 Å². The summed E-state index contributed by atoms with van der Waals surface area (Å²) in [6.07, 6.45) is 0.697. The van der Waals surface area contributed by atoms with E-state index in [0.29, 0.717) is 6.42 Å². The van der Waals surface area contributed by atoms with Gasteiger partial charge in [-0.05, 0) is 35.6 Å². The Morgan fingerprint density at radius 3 is 2.48 bits per heavy atom. The highest BCUT2D eigenvalue weighted by Gasteiger charge is 2.26. The van der Waals surface area contributed by atoms with Gasteiger partial charge in [-0.3, -0.25) is 4.79 Å². The molecule has 0 saturated heterocycles. The first-order chi connectivity index (χ1) is 10.1. The summed E-state index contributed by atoms with van der Waals surface area (Å²) < 4.78 is 5.21. The molecule has 0 amide bonds. The van der Waals surface area contributed by atoms with Gasteiger partial charge in [-0.15, -0.1) is 0 Å². The van der Waals surface area contributed by atoms with Crippen molar-refractivity contribution in [3.05, 3.63) is 65.7 Å². The van der Waals surface area contributed by atoms with Crippen molar-refractivity contribution in [2.75, 3.05) is 7.11 Å². The molecule has 0 fully saturated rings. The van der Waals surface area contributed by atoms with Crippen LogP contribution in [0.4, 0.5) is 0 Å². The van der Waals surface area contributed by atoms with Crippen LogP contribution in [-0.4, -0.2) is 18.2 Å². The fraction of sp³-hybridized carbons (Fsp3) is 0.278. The van der Waals surface area contributed by atoms with Crippen LogP contribution in [0.3, 0.4) is 0 Å². The van der Waals surface area contributed by atoms with E-state index in [1.54, 1.807) is 7.11 Å². The molecule has 3 nitrogen and oxygen atoms in total. The zero-order chi connectivity index (χ0) is 15.2. The second kappa shape index (κ2) is 6.93. The van der Waals surface area contributed by atoms with Gasteiger partial charge in [-0.1, -0.05) is 49.4 Å². The predicted octanol–water partition coefficient (Wildman–Crippen LogP) is 3.74. The third-order valence-corrected chi connectivity index (χ3v) is 3.69. The maximum absolute atomic E-state index is 11.6. The van der Waals surface area contributed by atoms with Gasteiger partial charge in [0.2, 0.25) is 0 Å². The smallest absolute Gasteiger partial charge is 0.311 e. The SMILES string of the molecule is COc1cccc(CC(C)C(C(=O)O)c2ccccc2)c1. The summed E-state index contributed by atoms with van der Waals surface area (Å²) >= 11 is 0. The quantitative estimate of drug-likeness (QED) is 0.879. The van der Waals surface area contributed by atoms with E-state index in [9.17, 15) is 9.90 Å². The molecule has 2 rings (SSSR count). The summed E-state index contributed by atoms with van der Waals surface area (Å²) in [5.74, 6) is -0.489. The van der Waals surface area contributed by atoms with Crippen molar-refractivity contribution in [3.8, 4) is 5.75 Å². The third-order valence-electron chi connectivity index (χ3n) is 3.69. The lowest BCUT2D eigenvalue weighted by Gasteiger charge is -2.21. The summed E-state index contributed by atoms with van der Waals surface area (Å²) in [5, 5.41) is 9.55. The number of hydrogen-bond donors (Lipinski definition) is 1. The van der Waals surface area contributed by atoms with Crippen molar-refractivity contribution in [2.24, 2.45) is 5.92 Å². The topological polar surface area (TPSA) is 46.5 Å². The van der Waals surface area contributed by atoms with Crippen molar-refractivity contribution in [2.45, 2.75) is 19.3 Å². The minimum absolute atomic E-state index is 0.00277. The first kappa shape index (κ1) is 15.1. The number of ether oxygens (including phenoxy) is 1. The Morgan fingerprint density at radius 2 is 1.86 bits per heavy atom. The lowest BCUT2D eigenvalue weighted by atomic mass is 9.83. The molecule has 110 valence electrons. The molecular formula is C18H20O3. The maximum atomic E-state index is 11.6. The minimum atomic E-state index is -0.781. The van der Waals surface area contributed by atoms with Gasteiger partial charge < -0.3 is 9.84 Å². The molecule has 2 atom stereocenters. The summed E-state index contributed by atoms with van der Waals surface area (Å²) in [5.41, 5.74) is 1.93. The number of carbonyl (C=O) groups is 1. The molecule has 2 aromatic rings. The zero-order valence-corrected chi connectivity index (χ0v) is 12.3.